The monoisotopic (exact) mass is 400 g/mol. The number of carbonyl (C=O) groups is 1. The molecule has 1 aliphatic heterocycles. The van der Waals surface area contributed by atoms with Crippen LogP contribution in [-0.2, 0) is 21.0 Å². The molecule has 2 aromatic rings. The summed E-state index contributed by atoms with van der Waals surface area (Å²) in [6.45, 7) is -0.248. The second-order valence-corrected chi connectivity index (χ2v) is 7.84. The van der Waals surface area contributed by atoms with Crippen LogP contribution >= 0.6 is 0 Å². The molecule has 0 aliphatic carbocycles. The predicted molar refractivity (Wildman–Crippen MR) is 93.1 cm³/mol. The van der Waals surface area contributed by atoms with Crippen LogP contribution in [0, 0.1) is 0 Å². The molecule has 1 unspecified atom stereocenters. The number of sulfonamides is 1. The number of rotatable bonds is 3. The third-order valence-electron chi connectivity index (χ3n) is 3.91. The van der Waals surface area contributed by atoms with Crippen LogP contribution in [0.5, 0.6) is 5.75 Å². The minimum absolute atomic E-state index is 0.140. The molecule has 27 heavy (non-hydrogen) atoms. The van der Waals surface area contributed by atoms with E-state index in [1.54, 1.807) is 18.2 Å². The number of fused-ring (bicyclic) bond motifs is 1. The van der Waals surface area contributed by atoms with Gasteiger partial charge in [-0.1, -0.05) is 12.1 Å². The van der Waals surface area contributed by atoms with Crippen LogP contribution in [0.25, 0.3) is 0 Å². The summed E-state index contributed by atoms with van der Waals surface area (Å²) in [5.74, 6) is -0.445. The number of halogens is 3. The highest BCUT2D eigenvalue weighted by atomic mass is 32.2. The van der Waals surface area contributed by atoms with Crippen LogP contribution in [0.4, 0.5) is 24.5 Å². The van der Waals surface area contributed by atoms with Gasteiger partial charge in [-0.15, -0.1) is 0 Å². The lowest BCUT2D eigenvalue weighted by atomic mass is 10.2. The molecule has 0 aromatic heterocycles. The first-order chi connectivity index (χ1) is 12.6. The lowest BCUT2D eigenvalue weighted by Crippen LogP contribution is -2.48. The lowest BCUT2D eigenvalue weighted by Gasteiger charge is -2.33. The molecule has 3 rings (SSSR count). The largest absolute Gasteiger partial charge is 0.476 e. The maximum Gasteiger partial charge on any atom is 0.416 e. The van der Waals surface area contributed by atoms with Crippen LogP contribution < -0.4 is 14.4 Å². The van der Waals surface area contributed by atoms with Crippen molar-refractivity contribution in [1.29, 1.82) is 0 Å². The summed E-state index contributed by atoms with van der Waals surface area (Å²) >= 11 is 0. The number of carbonyl (C=O) groups excluding carboxylic acids is 1. The lowest BCUT2D eigenvalue weighted by molar-refractivity contribution is -0.137. The molecule has 1 N–H and O–H groups in total. The van der Waals surface area contributed by atoms with Gasteiger partial charge in [0.25, 0.3) is 5.91 Å². The molecule has 1 heterocycles. The van der Waals surface area contributed by atoms with Gasteiger partial charge in [0.05, 0.1) is 24.1 Å². The van der Waals surface area contributed by atoms with Crippen molar-refractivity contribution in [1.82, 2.24) is 0 Å². The minimum Gasteiger partial charge on any atom is -0.476 e. The second-order valence-electron chi connectivity index (χ2n) is 5.93. The number of nitrogens with one attached hydrogen (secondary N) is 1. The zero-order valence-corrected chi connectivity index (χ0v) is 14.8. The molecule has 0 fully saturated rings. The number of nitrogens with zero attached hydrogens (tertiary/aromatic N) is 1. The SMILES string of the molecule is CS(=O)(=O)N1CC(C(=O)Nc2ccc(C(F)(F)F)cc2)Oc2ccccc21. The first-order valence-corrected chi connectivity index (χ1v) is 9.62. The summed E-state index contributed by atoms with van der Waals surface area (Å²) in [4.78, 5) is 12.5. The molecular weight excluding hydrogens is 385 g/mol. The summed E-state index contributed by atoms with van der Waals surface area (Å²) in [6, 6.07) is 10.3. The van der Waals surface area contributed by atoms with Crippen LogP contribution in [0.1, 0.15) is 5.56 Å². The van der Waals surface area contributed by atoms with Gasteiger partial charge in [-0.3, -0.25) is 9.10 Å². The van der Waals surface area contributed by atoms with Crippen LogP contribution in [0.2, 0.25) is 0 Å². The van der Waals surface area contributed by atoms with Gasteiger partial charge < -0.3 is 10.1 Å². The first-order valence-electron chi connectivity index (χ1n) is 7.77. The van der Waals surface area contributed by atoms with Crippen LogP contribution in [-0.4, -0.2) is 33.2 Å². The van der Waals surface area contributed by atoms with Gasteiger partial charge in [0.2, 0.25) is 10.0 Å². The van der Waals surface area contributed by atoms with Crippen molar-refractivity contribution in [3.8, 4) is 5.75 Å². The number of para-hydroxylation sites is 2. The van der Waals surface area contributed by atoms with E-state index in [2.05, 4.69) is 5.32 Å². The molecule has 0 spiro atoms. The van der Waals surface area contributed by atoms with Crippen LogP contribution in [0.3, 0.4) is 0 Å². The molecule has 0 saturated carbocycles. The van der Waals surface area contributed by atoms with E-state index in [-0.39, 0.29) is 18.0 Å². The van der Waals surface area contributed by atoms with E-state index in [4.69, 9.17) is 4.74 Å². The van der Waals surface area contributed by atoms with Crippen LogP contribution in [0.15, 0.2) is 48.5 Å². The molecule has 1 atom stereocenters. The highest BCUT2D eigenvalue weighted by Gasteiger charge is 2.35. The summed E-state index contributed by atoms with van der Waals surface area (Å²) < 4.78 is 68.5. The predicted octanol–water partition coefficient (Wildman–Crippen LogP) is 2.87. The average Bonchev–Trinajstić information content (AvgIpc) is 2.59. The maximum atomic E-state index is 12.6. The number of amides is 1. The molecular formula is C17H15F3N2O4S. The Kier molecular flexibility index (Phi) is 4.77. The van der Waals surface area contributed by atoms with E-state index in [1.807, 2.05) is 0 Å². The smallest absolute Gasteiger partial charge is 0.416 e. The van der Waals surface area contributed by atoms with Gasteiger partial charge in [0, 0.05) is 5.69 Å². The molecule has 1 aliphatic rings. The van der Waals surface area contributed by atoms with Crippen molar-refractivity contribution in [2.24, 2.45) is 0 Å². The number of hydrogen-bond donors (Lipinski definition) is 1. The van der Waals surface area contributed by atoms with Crippen molar-refractivity contribution < 1.29 is 31.1 Å². The Balaban J connectivity index is 1.80. The molecule has 2 aromatic carbocycles. The summed E-state index contributed by atoms with van der Waals surface area (Å²) in [6.07, 6.45) is -4.62. The fraction of sp³-hybridized carbons (Fsp3) is 0.235. The average molecular weight is 400 g/mol. The van der Waals surface area contributed by atoms with Crippen molar-refractivity contribution in [2.75, 3.05) is 22.4 Å². The molecule has 0 radical (unpaired) electrons. The number of hydrogen-bond acceptors (Lipinski definition) is 4. The molecule has 144 valence electrons. The van der Waals surface area contributed by atoms with E-state index in [0.717, 1.165) is 34.8 Å². The van der Waals surface area contributed by atoms with Crippen molar-refractivity contribution in [2.45, 2.75) is 12.3 Å². The molecule has 1 amide bonds. The zero-order chi connectivity index (χ0) is 19.8. The van der Waals surface area contributed by atoms with Gasteiger partial charge in [0.1, 0.15) is 5.75 Å². The molecule has 10 heteroatoms. The van der Waals surface area contributed by atoms with E-state index in [1.165, 1.54) is 6.07 Å². The number of ether oxygens (including phenoxy) is 1. The fourth-order valence-electron chi connectivity index (χ4n) is 2.62. The standard InChI is InChI=1S/C17H15F3N2O4S/c1-27(24,25)22-10-15(26-14-5-3-2-4-13(14)22)16(23)21-12-8-6-11(7-9-12)17(18,19)20/h2-9,15H,10H2,1H3,(H,21,23). The Bertz CT molecular complexity index is 959. The summed E-state index contributed by atoms with van der Waals surface area (Å²) in [5.41, 5.74) is -0.383. The maximum absolute atomic E-state index is 12.6. The minimum atomic E-state index is -4.48. The highest BCUT2D eigenvalue weighted by molar-refractivity contribution is 7.92. The van der Waals surface area contributed by atoms with Gasteiger partial charge in [-0.05, 0) is 36.4 Å². The molecule has 6 nitrogen and oxygen atoms in total. The Morgan fingerprint density at radius 3 is 2.37 bits per heavy atom. The Hall–Kier alpha value is -2.75. The molecule has 0 saturated heterocycles. The van der Waals surface area contributed by atoms with Gasteiger partial charge in [-0.2, -0.15) is 13.2 Å². The fourth-order valence-corrected chi connectivity index (χ4v) is 3.53. The highest BCUT2D eigenvalue weighted by Crippen LogP contribution is 2.35. The number of benzene rings is 2. The Labute approximate surface area is 153 Å². The topological polar surface area (TPSA) is 75.7 Å². The van der Waals surface area contributed by atoms with Crippen molar-refractivity contribution in [3.05, 3.63) is 54.1 Å². The third kappa shape index (κ3) is 4.16. The van der Waals surface area contributed by atoms with E-state index in [0.29, 0.717) is 5.69 Å². The number of anilines is 2. The van der Waals surface area contributed by atoms with Gasteiger partial charge in [-0.25, -0.2) is 8.42 Å². The summed E-state index contributed by atoms with van der Waals surface area (Å²) in [7, 11) is -3.65. The van der Waals surface area contributed by atoms with E-state index < -0.39 is 33.8 Å². The normalized spacial score (nSPS) is 17.0. The number of alkyl halides is 3. The first kappa shape index (κ1) is 19.0. The van der Waals surface area contributed by atoms with Gasteiger partial charge in [0.15, 0.2) is 6.10 Å². The van der Waals surface area contributed by atoms with E-state index >= 15 is 0 Å². The summed E-state index contributed by atoms with van der Waals surface area (Å²) in [5, 5.41) is 2.44. The van der Waals surface area contributed by atoms with Crippen molar-refractivity contribution >= 4 is 27.3 Å². The molecule has 0 bridgehead atoms. The van der Waals surface area contributed by atoms with Gasteiger partial charge >= 0.3 is 6.18 Å². The van der Waals surface area contributed by atoms with E-state index in [9.17, 15) is 26.4 Å². The third-order valence-corrected chi connectivity index (χ3v) is 5.05. The Morgan fingerprint density at radius 2 is 1.78 bits per heavy atom. The van der Waals surface area contributed by atoms with Crippen molar-refractivity contribution in [3.63, 3.8) is 0 Å². The Morgan fingerprint density at radius 1 is 1.15 bits per heavy atom. The quantitative estimate of drug-likeness (QED) is 0.860. The zero-order valence-electron chi connectivity index (χ0n) is 14.0. The second kappa shape index (κ2) is 6.76.